The molecule has 0 radical (unpaired) electrons. The lowest BCUT2D eigenvalue weighted by Gasteiger charge is -2.19. The second-order valence-corrected chi connectivity index (χ2v) is 8.56. The molecule has 0 atom stereocenters. The number of aryl methyl sites for hydroxylation is 1. The summed E-state index contributed by atoms with van der Waals surface area (Å²) in [5.74, 6) is -0.139. The molecule has 4 aromatic rings. The molecule has 2 heterocycles. The van der Waals surface area contributed by atoms with Crippen LogP contribution >= 0.6 is 38.9 Å². The molecule has 140 valence electrons. The first-order valence-electron chi connectivity index (χ1n) is 8.56. The Morgan fingerprint density at radius 1 is 1.18 bits per heavy atom. The van der Waals surface area contributed by atoms with E-state index in [1.54, 1.807) is 23.2 Å². The number of anilines is 1. The summed E-state index contributed by atoms with van der Waals surface area (Å²) < 4.78 is 1.73. The van der Waals surface area contributed by atoms with Crippen molar-refractivity contribution in [2.75, 3.05) is 4.90 Å². The number of carbonyl (C=O) groups is 1. The SMILES string of the molecule is Cc1ccc(Cl)c2sc(N(Cc3ccccn3)C(=O)c3cccc(Br)c3)nc12. The molecule has 2 aromatic heterocycles. The van der Waals surface area contributed by atoms with Crippen molar-refractivity contribution < 1.29 is 4.79 Å². The standard InChI is InChI=1S/C21H15BrClN3OS/c1-13-8-9-17(23)19-18(13)25-21(28-19)26(12-16-7-2-3-10-24-16)20(27)14-5-4-6-15(22)11-14/h2-11H,12H2,1H3. The second-order valence-electron chi connectivity index (χ2n) is 6.26. The van der Waals surface area contributed by atoms with Crippen LogP contribution in [0.3, 0.4) is 0 Å². The smallest absolute Gasteiger partial charge is 0.260 e. The summed E-state index contributed by atoms with van der Waals surface area (Å²) in [7, 11) is 0. The first-order valence-corrected chi connectivity index (χ1v) is 10.5. The third kappa shape index (κ3) is 3.81. The molecule has 0 saturated heterocycles. The molecule has 0 fully saturated rings. The lowest BCUT2D eigenvalue weighted by Crippen LogP contribution is -2.30. The van der Waals surface area contributed by atoms with Gasteiger partial charge in [-0.25, -0.2) is 4.98 Å². The van der Waals surface area contributed by atoms with Crippen LogP contribution in [-0.4, -0.2) is 15.9 Å². The van der Waals surface area contributed by atoms with Crippen LogP contribution in [0.1, 0.15) is 21.6 Å². The van der Waals surface area contributed by atoms with E-state index in [9.17, 15) is 4.79 Å². The molecule has 0 spiro atoms. The quantitative estimate of drug-likeness (QED) is 0.352. The third-order valence-corrected chi connectivity index (χ3v) is 6.31. The van der Waals surface area contributed by atoms with Gasteiger partial charge in [-0.15, -0.1) is 0 Å². The number of nitrogens with zero attached hydrogens (tertiary/aromatic N) is 3. The van der Waals surface area contributed by atoms with Crippen molar-refractivity contribution in [2.45, 2.75) is 13.5 Å². The Balaban J connectivity index is 1.82. The number of aromatic nitrogens is 2. The average Bonchev–Trinajstić information content (AvgIpc) is 3.16. The second kappa shape index (κ2) is 7.99. The molecule has 7 heteroatoms. The maximum Gasteiger partial charge on any atom is 0.260 e. The summed E-state index contributed by atoms with van der Waals surface area (Å²) in [6.07, 6.45) is 1.72. The van der Waals surface area contributed by atoms with Crippen LogP contribution in [0.4, 0.5) is 5.13 Å². The number of amides is 1. The molecule has 0 N–H and O–H groups in total. The van der Waals surface area contributed by atoms with Gasteiger partial charge in [-0.05, 0) is 48.9 Å². The van der Waals surface area contributed by atoms with Gasteiger partial charge < -0.3 is 0 Å². The average molecular weight is 473 g/mol. The molecule has 0 bridgehead atoms. The number of fused-ring (bicyclic) bond motifs is 1. The highest BCUT2D eigenvalue weighted by Gasteiger charge is 2.23. The van der Waals surface area contributed by atoms with Gasteiger partial charge in [0.1, 0.15) is 0 Å². The summed E-state index contributed by atoms with van der Waals surface area (Å²) in [4.78, 5) is 24.1. The minimum Gasteiger partial charge on any atom is -0.278 e. The Hall–Kier alpha value is -2.28. The summed E-state index contributed by atoms with van der Waals surface area (Å²) in [5, 5.41) is 1.24. The number of hydrogen-bond acceptors (Lipinski definition) is 4. The fourth-order valence-corrected chi connectivity index (χ4v) is 4.58. The molecule has 28 heavy (non-hydrogen) atoms. The topological polar surface area (TPSA) is 46.1 Å². The Labute approximate surface area is 179 Å². The van der Waals surface area contributed by atoms with Crippen molar-refractivity contribution in [3.8, 4) is 0 Å². The van der Waals surface area contributed by atoms with E-state index in [4.69, 9.17) is 16.6 Å². The van der Waals surface area contributed by atoms with Crippen LogP contribution in [0.15, 0.2) is 65.3 Å². The number of pyridine rings is 1. The van der Waals surface area contributed by atoms with Crippen molar-refractivity contribution in [1.82, 2.24) is 9.97 Å². The molecular formula is C21H15BrClN3OS. The molecule has 2 aromatic carbocycles. The highest BCUT2D eigenvalue weighted by molar-refractivity contribution is 9.10. The minimum atomic E-state index is -0.139. The zero-order valence-electron chi connectivity index (χ0n) is 14.9. The van der Waals surface area contributed by atoms with E-state index in [2.05, 4.69) is 20.9 Å². The van der Waals surface area contributed by atoms with Crippen molar-refractivity contribution in [3.05, 3.63) is 87.1 Å². The van der Waals surface area contributed by atoms with Crippen LogP contribution in [0, 0.1) is 6.92 Å². The number of benzene rings is 2. The van der Waals surface area contributed by atoms with Crippen LogP contribution in [0.5, 0.6) is 0 Å². The molecule has 0 aliphatic rings. The molecule has 4 rings (SSSR count). The van der Waals surface area contributed by atoms with E-state index in [0.717, 1.165) is 25.9 Å². The van der Waals surface area contributed by atoms with Gasteiger partial charge in [0, 0.05) is 16.2 Å². The highest BCUT2D eigenvalue weighted by atomic mass is 79.9. The van der Waals surface area contributed by atoms with Crippen LogP contribution < -0.4 is 4.90 Å². The molecule has 0 aliphatic heterocycles. The lowest BCUT2D eigenvalue weighted by molar-refractivity contribution is 0.0984. The Kier molecular flexibility index (Phi) is 5.44. The van der Waals surface area contributed by atoms with Gasteiger partial charge in [-0.3, -0.25) is 14.7 Å². The Morgan fingerprint density at radius 3 is 2.75 bits per heavy atom. The summed E-state index contributed by atoms with van der Waals surface area (Å²) in [6.45, 7) is 2.31. The Bertz CT molecular complexity index is 1120. The normalized spacial score (nSPS) is 11.0. The highest BCUT2D eigenvalue weighted by Crippen LogP contribution is 2.36. The number of hydrogen-bond donors (Lipinski definition) is 0. The van der Waals surface area contributed by atoms with E-state index in [1.807, 2.05) is 49.4 Å². The molecular weight excluding hydrogens is 458 g/mol. The molecule has 0 saturated carbocycles. The van der Waals surface area contributed by atoms with Crippen molar-refractivity contribution in [2.24, 2.45) is 0 Å². The van der Waals surface area contributed by atoms with Gasteiger partial charge in [0.15, 0.2) is 5.13 Å². The van der Waals surface area contributed by atoms with Crippen LogP contribution in [0.2, 0.25) is 5.02 Å². The van der Waals surface area contributed by atoms with Gasteiger partial charge in [-0.2, -0.15) is 0 Å². The predicted molar refractivity (Wildman–Crippen MR) is 118 cm³/mol. The third-order valence-electron chi connectivity index (χ3n) is 4.28. The van der Waals surface area contributed by atoms with Gasteiger partial charge in [0.2, 0.25) is 0 Å². The zero-order valence-corrected chi connectivity index (χ0v) is 18.1. The van der Waals surface area contributed by atoms with E-state index in [-0.39, 0.29) is 5.91 Å². The molecule has 4 nitrogen and oxygen atoms in total. The summed E-state index contributed by atoms with van der Waals surface area (Å²) >= 11 is 11.2. The van der Waals surface area contributed by atoms with Gasteiger partial charge in [0.05, 0.1) is 27.5 Å². The number of halogens is 2. The van der Waals surface area contributed by atoms with Crippen molar-refractivity contribution in [1.29, 1.82) is 0 Å². The van der Waals surface area contributed by atoms with Crippen molar-refractivity contribution in [3.63, 3.8) is 0 Å². The lowest BCUT2D eigenvalue weighted by atomic mass is 10.2. The van der Waals surface area contributed by atoms with E-state index in [1.165, 1.54) is 11.3 Å². The minimum absolute atomic E-state index is 0.139. The summed E-state index contributed by atoms with van der Waals surface area (Å²) in [5.41, 5.74) is 3.20. The largest absolute Gasteiger partial charge is 0.278 e. The number of thiazole rings is 1. The van der Waals surface area contributed by atoms with E-state index < -0.39 is 0 Å². The van der Waals surface area contributed by atoms with Crippen LogP contribution in [0.25, 0.3) is 10.2 Å². The van der Waals surface area contributed by atoms with Gasteiger partial charge in [-0.1, -0.05) is 57.1 Å². The monoisotopic (exact) mass is 471 g/mol. The van der Waals surface area contributed by atoms with Crippen LogP contribution in [-0.2, 0) is 6.54 Å². The predicted octanol–water partition coefficient (Wildman–Crippen LogP) is 6.26. The first kappa shape index (κ1) is 19.1. The zero-order chi connectivity index (χ0) is 19.7. The maximum atomic E-state index is 13.4. The van der Waals surface area contributed by atoms with E-state index >= 15 is 0 Å². The number of carbonyl (C=O) groups excluding carboxylic acids is 1. The molecule has 0 aliphatic carbocycles. The maximum absolute atomic E-state index is 13.4. The van der Waals surface area contributed by atoms with E-state index in [0.29, 0.717) is 22.3 Å². The van der Waals surface area contributed by atoms with Crippen molar-refractivity contribution >= 4 is 60.1 Å². The van der Waals surface area contributed by atoms with Gasteiger partial charge in [0.25, 0.3) is 5.91 Å². The fraction of sp³-hybridized carbons (Fsp3) is 0.0952. The molecule has 0 unspecified atom stereocenters. The Morgan fingerprint density at radius 2 is 2.04 bits per heavy atom. The number of rotatable bonds is 4. The molecule has 1 amide bonds. The first-order chi connectivity index (χ1) is 13.5. The fourth-order valence-electron chi connectivity index (χ4n) is 2.86. The summed E-state index contributed by atoms with van der Waals surface area (Å²) in [6, 6.07) is 16.8. The van der Waals surface area contributed by atoms with Gasteiger partial charge >= 0.3 is 0 Å².